The summed E-state index contributed by atoms with van der Waals surface area (Å²) in [6, 6.07) is 0. The summed E-state index contributed by atoms with van der Waals surface area (Å²) >= 11 is 8.19. The molecule has 0 fully saturated rings. The van der Waals surface area contributed by atoms with Gasteiger partial charge in [0.25, 0.3) is 0 Å². The van der Waals surface area contributed by atoms with Gasteiger partial charge in [-0.25, -0.2) is 0 Å². The van der Waals surface area contributed by atoms with Crippen LogP contribution in [0.15, 0.2) is 0 Å². The fraction of sp³-hybridized carbons (Fsp3) is 0. The van der Waals surface area contributed by atoms with Crippen molar-refractivity contribution in [3.63, 3.8) is 0 Å². The summed E-state index contributed by atoms with van der Waals surface area (Å²) in [4.78, 5) is 0. The number of rotatable bonds is 0. The number of halogens is 2. The third kappa shape index (κ3) is 2290. The molecule has 64 valence electrons. The van der Waals surface area contributed by atoms with Crippen LogP contribution in [0.25, 0.3) is 0 Å². The molecule has 0 aliphatic heterocycles. The average molecular weight is 291 g/mol. The molecule has 0 aliphatic rings. The number of thiocarbonyl (C=S) groups is 2. The maximum Gasteiger partial charge on any atom is 2.00 e. The molecule has 0 spiro atoms. The van der Waals surface area contributed by atoms with Crippen LogP contribution in [-0.4, -0.2) is 10.2 Å². The summed E-state index contributed by atoms with van der Waals surface area (Å²) < 4.78 is 0. The van der Waals surface area contributed by atoms with Crippen LogP contribution in [0.5, 0.6) is 0 Å². The molecule has 0 saturated carbocycles. The van der Waals surface area contributed by atoms with E-state index in [2.05, 4.69) is 47.4 Å². The summed E-state index contributed by atoms with van der Waals surface area (Å²) in [6.07, 6.45) is 0. The van der Waals surface area contributed by atoms with Gasteiger partial charge in [0.15, 0.2) is 10.2 Å². The molecule has 4 nitrogen and oxygen atoms in total. The van der Waals surface area contributed by atoms with E-state index in [1.807, 2.05) is 0 Å². The Balaban J connectivity index is -0.00000000800. The predicted octanol–water partition coefficient (Wildman–Crippen LogP) is -7.39. The van der Waals surface area contributed by atoms with Gasteiger partial charge in [-0.3, -0.25) is 0 Å². The molecule has 9 heteroatoms. The van der Waals surface area contributed by atoms with Gasteiger partial charge in [-0.2, -0.15) is 0 Å². The van der Waals surface area contributed by atoms with E-state index in [0.717, 1.165) is 0 Å². The Morgan fingerprint density at radius 2 is 0.818 bits per heavy atom. The Morgan fingerprint density at radius 1 is 0.818 bits per heavy atom. The van der Waals surface area contributed by atoms with Crippen molar-refractivity contribution in [2.45, 2.75) is 0 Å². The monoisotopic (exact) mass is 288 g/mol. The van der Waals surface area contributed by atoms with Gasteiger partial charge in [0.05, 0.1) is 0 Å². The van der Waals surface area contributed by atoms with E-state index in [-0.39, 0.29) is 57.4 Å². The summed E-state index contributed by atoms with van der Waals surface area (Å²) in [5, 5.41) is 0.000000000000000444. The van der Waals surface area contributed by atoms with Crippen molar-refractivity contribution in [1.82, 2.24) is 0 Å². The standard InChI is InChI=1S/2CH4N2S.2ClH.Zn/c2*2-1(3)4;;;/h2*(H4,2,3,4);2*1H;/q;;;;+2. The number of nitrogens with two attached hydrogens (primary N) is 4. The van der Waals surface area contributed by atoms with Crippen LogP contribution in [-0.2, 0) is 19.5 Å². The molecule has 0 heterocycles. The molecular weight excluding hydrogens is 280 g/mol. The molecule has 11 heavy (non-hydrogen) atoms. The van der Waals surface area contributed by atoms with Gasteiger partial charge in [0.1, 0.15) is 0 Å². The summed E-state index contributed by atoms with van der Waals surface area (Å²) in [5.41, 5.74) is 18.5. The zero-order valence-corrected chi connectivity index (χ0v) is 11.7. The number of hydrogen-bond donors (Lipinski definition) is 4. The second-order valence-electron chi connectivity index (χ2n) is 0.805. The van der Waals surface area contributed by atoms with Crippen molar-refractivity contribution in [1.29, 1.82) is 0 Å². The maximum absolute atomic E-state index is 4.62. The quantitative estimate of drug-likeness (QED) is 0.261. The van der Waals surface area contributed by atoms with Crippen LogP contribution in [0.1, 0.15) is 2.85 Å². The minimum Gasteiger partial charge on any atom is -1.00 e. The smallest absolute Gasteiger partial charge is 1.00 e. The van der Waals surface area contributed by atoms with Crippen LogP contribution >= 0.6 is 24.4 Å². The van der Waals surface area contributed by atoms with E-state index < -0.39 is 0 Å². The SMILES string of the molecule is NC(N)=S.NC(N)=S.[Cl-].[Cl-].[H+].[H+].[Zn+2]. The van der Waals surface area contributed by atoms with E-state index in [9.17, 15) is 0 Å². The molecule has 0 unspecified atom stereocenters. The van der Waals surface area contributed by atoms with E-state index in [0.29, 0.717) is 0 Å². The third-order valence-electron chi connectivity index (χ3n) is 0. The van der Waals surface area contributed by atoms with Gasteiger partial charge < -0.3 is 47.7 Å². The van der Waals surface area contributed by atoms with Crippen LogP contribution in [0, 0.1) is 0 Å². The molecule has 0 aromatic carbocycles. The van der Waals surface area contributed by atoms with Gasteiger partial charge in [-0.15, -0.1) is 0 Å². The molecule has 0 aromatic rings. The predicted molar refractivity (Wildman–Crippen MR) is 44.2 cm³/mol. The van der Waals surface area contributed by atoms with Crippen molar-refractivity contribution < 1.29 is 47.1 Å². The molecule has 8 N–H and O–H groups in total. The fourth-order valence-corrected chi connectivity index (χ4v) is 0. The van der Waals surface area contributed by atoms with Gasteiger partial charge >= 0.3 is 22.3 Å². The van der Waals surface area contributed by atoms with Gasteiger partial charge in [-0.1, -0.05) is 0 Å². The Kier molecular flexibility index (Phi) is 61.0. The zero-order valence-electron chi connectivity index (χ0n) is 7.59. The average Bonchev–Trinajstić information content (AvgIpc) is 1.25. The van der Waals surface area contributed by atoms with Gasteiger partial charge in [0, 0.05) is 0 Å². The van der Waals surface area contributed by atoms with Gasteiger partial charge in [-0.05, 0) is 24.4 Å². The summed E-state index contributed by atoms with van der Waals surface area (Å²) in [7, 11) is 0. The molecular formula is C2H10Cl2N4S2Zn+2. The van der Waals surface area contributed by atoms with Crippen molar-refractivity contribution in [2.75, 3.05) is 0 Å². The van der Waals surface area contributed by atoms with Gasteiger partial charge in [0.2, 0.25) is 0 Å². The molecule has 0 rings (SSSR count). The molecule has 0 radical (unpaired) electrons. The van der Waals surface area contributed by atoms with E-state index in [1.165, 1.54) is 0 Å². The Morgan fingerprint density at radius 3 is 0.818 bits per heavy atom. The topological polar surface area (TPSA) is 104 Å². The van der Waals surface area contributed by atoms with E-state index in [4.69, 9.17) is 0 Å². The van der Waals surface area contributed by atoms with Crippen molar-refractivity contribution in [2.24, 2.45) is 22.9 Å². The Bertz CT molecular complexity index is 90.1. The van der Waals surface area contributed by atoms with E-state index in [1.54, 1.807) is 0 Å². The molecule has 0 amide bonds. The first-order valence-corrected chi connectivity index (χ1v) is 2.38. The molecule has 0 aliphatic carbocycles. The molecule has 0 bridgehead atoms. The third-order valence-corrected chi connectivity index (χ3v) is 0. The summed E-state index contributed by atoms with van der Waals surface area (Å²) in [5.74, 6) is 0. The largest absolute Gasteiger partial charge is 2.00 e. The second kappa shape index (κ2) is 22.4. The van der Waals surface area contributed by atoms with Crippen LogP contribution in [0.4, 0.5) is 0 Å². The fourth-order valence-electron chi connectivity index (χ4n) is 0. The molecule has 0 saturated heterocycles. The Hall–Kier alpha value is 0.583. The minimum absolute atomic E-state index is 0. The summed E-state index contributed by atoms with van der Waals surface area (Å²) in [6.45, 7) is 0. The van der Waals surface area contributed by atoms with Crippen molar-refractivity contribution in [3.05, 3.63) is 0 Å². The van der Waals surface area contributed by atoms with E-state index >= 15 is 0 Å². The van der Waals surface area contributed by atoms with Crippen LogP contribution in [0.3, 0.4) is 0 Å². The van der Waals surface area contributed by atoms with Crippen molar-refractivity contribution in [3.8, 4) is 0 Å². The maximum atomic E-state index is 4.62. The first-order chi connectivity index (χ1) is 3.46. The minimum atomic E-state index is 0. The molecule has 0 aromatic heterocycles. The normalized spacial score (nSPS) is 4.36. The first kappa shape index (κ1) is 29.9. The van der Waals surface area contributed by atoms with Crippen LogP contribution < -0.4 is 47.7 Å². The molecule has 0 atom stereocenters. The number of hydrogen-bond acceptors (Lipinski definition) is 2. The van der Waals surface area contributed by atoms with Crippen molar-refractivity contribution >= 4 is 34.7 Å². The zero-order chi connectivity index (χ0) is 7.15. The second-order valence-corrected chi connectivity index (χ2v) is 1.75. The Labute approximate surface area is 104 Å². The van der Waals surface area contributed by atoms with Crippen LogP contribution in [0.2, 0.25) is 0 Å². The first-order valence-electron chi connectivity index (χ1n) is 1.56.